The molecule has 0 bridgehead atoms. The van der Waals surface area contributed by atoms with E-state index >= 15 is 0 Å². The second kappa shape index (κ2) is 18.2. The SMILES string of the molecule is CCCCCCC/C=C(C)/C(=C\CCCCCCC)CN(CC)CC. The molecule has 0 N–H and O–H groups in total. The van der Waals surface area contributed by atoms with E-state index in [-0.39, 0.29) is 0 Å². The van der Waals surface area contributed by atoms with Crippen LogP contribution in [-0.2, 0) is 0 Å². The summed E-state index contributed by atoms with van der Waals surface area (Å²) in [7, 11) is 0. The molecule has 0 amide bonds. The molecule has 0 rings (SSSR count). The van der Waals surface area contributed by atoms with Crippen molar-refractivity contribution in [1.82, 2.24) is 4.90 Å². The summed E-state index contributed by atoms with van der Waals surface area (Å²) in [5, 5.41) is 0. The lowest BCUT2D eigenvalue weighted by molar-refractivity contribution is 0.330. The second-order valence-corrected chi connectivity index (χ2v) is 7.48. The zero-order valence-electron chi connectivity index (χ0n) is 18.2. The van der Waals surface area contributed by atoms with Crippen LogP contribution in [0.4, 0.5) is 0 Å². The van der Waals surface area contributed by atoms with Gasteiger partial charge in [0.1, 0.15) is 0 Å². The van der Waals surface area contributed by atoms with E-state index in [1.54, 1.807) is 5.57 Å². The van der Waals surface area contributed by atoms with Gasteiger partial charge in [-0.25, -0.2) is 0 Å². The molecule has 0 aromatic heterocycles. The summed E-state index contributed by atoms with van der Waals surface area (Å²) in [5.41, 5.74) is 3.10. The number of hydrogen-bond acceptors (Lipinski definition) is 1. The maximum atomic E-state index is 2.54. The predicted molar refractivity (Wildman–Crippen MR) is 116 cm³/mol. The Kier molecular flexibility index (Phi) is 17.8. The van der Waals surface area contributed by atoms with E-state index in [0.717, 1.165) is 19.6 Å². The summed E-state index contributed by atoms with van der Waals surface area (Å²) in [5.74, 6) is 0. The Morgan fingerprint density at radius 2 is 1.12 bits per heavy atom. The number of rotatable bonds is 17. The van der Waals surface area contributed by atoms with Crippen molar-refractivity contribution in [3.63, 3.8) is 0 Å². The van der Waals surface area contributed by atoms with E-state index in [9.17, 15) is 0 Å². The van der Waals surface area contributed by atoms with Crippen LogP contribution in [-0.4, -0.2) is 24.5 Å². The lowest BCUT2D eigenvalue weighted by atomic mass is 10.0. The Balaban J connectivity index is 4.47. The van der Waals surface area contributed by atoms with E-state index in [4.69, 9.17) is 0 Å². The van der Waals surface area contributed by atoms with Gasteiger partial charge in [0.2, 0.25) is 0 Å². The van der Waals surface area contributed by atoms with E-state index < -0.39 is 0 Å². The number of unbranched alkanes of at least 4 members (excludes halogenated alkanes) is 10. The first-order valence-electron chi connectivity index (χ1n) is 11.3. The van der Waals surface area contributed by atoms with Gasteiger partial charge in [-0.15, -0.1) is 0 Å². The third-order valence-electron chi connectivity index (χ3n) is 5.25. The highest BCUT2D eigenvalue weighted by Crippen LogP contribution is 2.17. The van der Waals surface area contributed by atoms with Crippen molar-refractivity contribution < 1.29 is 0 Å². The van der Waals surface area contributed by atoms with Gasteiger partial charge in [-0.1, -0.05) is 96.8 Å². The number of hydrogen-bond donors (Lipinski definition) is 0. The van der Waals surface area contributed by atoms with Crippen molar-refractivity contribution in [2.45, 2.75) is 112 Å². The van der Waals surface area contributed by atoms with Gasteiger partial charge < -0.3 is 0 Å². The molecule has 0 unspecified atom stereocenters. The summed E-state index contributed by atoms with van der Waals surface area (Å²) < 4.78 is 0. The smallest absolute Gasteiger partial charge is 0.0232 e. The predicted octanol–water partition coefficient (Wildman–Crippen LogP) is 7.92. The van der Waals surface area contributed by atoms with Crippen LogP contribution in [0.3, 0.4) is 0 Å². The zero-order valence-corrected chi connectivity index (χ0v) is 18.2. The van der Waals surface area contributed by atoms with Crippen LogP contribution in [0.2, 0.25) is 0 Å². The van der Waals surface area contributed by atoms with Crippen LogP contribution < -0.4 is 0 Å². The summed E-state index contributed by atoms with van der Waals surface area (Å²) in [6.07, 6.45) is 21.3. The highest BCUT2D eigenvalue weighted by atomic mass is 15.1. The molecule has 0 heterocycles. The Hall–Kier alpha value is -0.560. The third-order valence-corrected chi connectivity index (χ3v) is 5.25. The van der Waals surface area contributed by atoms with Gasteiger partial charge in [-0.3, -0.25) is 4.90 Å². The molecule has 0 radical (unpaired) electrons. The van der Waals surface area contributed by atoms with Crippen molar-refractivity contribution in [1.29, 1.82) is 0 Å². The van der Waals surface area contributed by atoms with Crippen LogP contribution >= 0.6 is 0 Å². The van der Waals surface area contributed by atoms with Crippen LogP contribution in [0.15, 0.2) is 23.3 Å². The molecule has 25 heavy (non-hydrogen) atoms. The normalized spacial score (nSPS) is 13.0. The van der Waals surface area contributed by atoms with Crippen LogP contribution in [0, 0.1) is 0 Å². The molecule has 1 nitrogen and oxygen atoms in total. The molecule has 0 spiro atoms. The quantitative estimate of drug-likeness (QED) is 0.190. The lowest BCUT2D eigenvalue weighted by Gasteiger charge is -2.21. The zero-order chi connectivity index (χ0) is 18.8. The molecule has 0 saturated heterocycles. The molecule has 0 aliphatic carbocycles. The molecular weight excluding hydrogens is 302 g/mol. The summed E-state index contributed by atoms with van der Waals surface area (Å²) >= 11 is 0. The van der Waals surface area contributed by atoms with Gasteiger partial charge in [-0.2, -0.15) is 0 Å². The van der Waals surface area contributed by atoms with Crippen molar-refractivity contribution in [3.05, 3.63) is 23.3 Å². The fourth-order valence-electron chi connectivity index (χ4n) is 3.26. The molecule has 0 saturated carbocycles. The van der Waals surface area contributed by atoms with E-state index in [1.807, 2.05) is 0 Å². The second-order valence-electron chi connectivity index (χ2n) is 7.48. The van der Waals surface area contributed by atoms with Crippen LogP contribution in [0.5, 0.6) is 0 Å². The van der Waals surface area contributed by atoms with E-state index in [2.05, 4.69) is 51.7 Å². The Bertz CT molecular complexity index is 336. The van der Waals surface area contributed by atoms with Crippen molar-refractivity contribution >= 4 is 0 Å². The molecule has 0 aromatic rings. The summed E-state index contributed by atoms with van der Waals surface area (Å²) in [4.78, 5) is 2.54. The van der Waals surface area contributed by atoms with Gasteiger partial charge in [0.05, 0.1) is 0 Å². The Morgan fingerprint density at radius 1 is 0.640 bits per heavy atom. The van der Waals surface area contributed by atoms with Gasteiger partial charge >= 0.3 is 0 Å². The summed E-state index contributed by atoms with van der Waals surface area (Å²) in [6.45, 7) is 14.9. The fourth-order valence-corrected chi connectivity index (χ4v) is 3.26. The largest absolute Gasteiger partial charge is 0.300 e. The van der Waals surface area contributed by atoms with E-state index in [0.29, 0.717) is 0 Å². The first kappa shape index (κ1) is 24.4. The average Bonchev–Trinajstić information content (AvgIpc) is 2.63. The first-order valence-corrected chi connectivity index (χ1v) is 11.3. The molecule has 1 heteroatoms. The Morgan fingerprint density at radius 3 is 1.60 bits per heavy atom. The minimum Gasteiger partial charge on any atom is -0.300 e. The maximum Gasteiger partial charge on any atom is 0.0232 e. The lowest BCUT2D eigenvalue weighted by Crippen LogP contribution is -2.25. The fraction of sp³-hybridized carbons (Fsp3) is 0.833. The van der Waals surface area contributed by atoms with Crippen molar-refractivity contribution in [3.8, 4) is 0 Å². The molecule has 0 aromatic carbocycles. The topological polar surface area (TPSA) is 3.24 Å². The number of allylic oxidation sites excluding steroid dienone is 2. The number of likely N-dealkylation sites (N-methyl/N-ethyl adjacent to an activating group) is 1. The molecule has 0 aliphatic heterocycles. The maximum absolute atomic E-state index is 2.54. The van der Waals surface area contributed by atoms with Gasteiger partial charge in [-0.05, 0) is 51.3 Å². The molecule has 148 valence electrons. The third kappa shape index (κ3) is 14.3. The van der Waals surface area contributed by atoms with Crippen molar-refractivity contribution in [2.75, 3.05) is 19.6 Å². The highest BCUT2D eigenvalue weighted by Gasteiger charge is 2.06. The average molecular weight is 350 g/mol. The highest BCUT2D eigenvalue weighted by molar-refractivity contribution is 5.30. The van der Waals surface area contributed by atoms with Crippen LogP contribution in [0.25, 0.3) is 0 Å². The monoisotopic (exact) mass is 349 g/mol. The van der Waals surface area contributed by atoms with Crippen LogP contribution in [0.1, 0.15) is 112 Å². The Labute approximate surface area is 160 Å². The molecule has 0 aliphatic rings. The molecular formula is C24H47N. The van der Waals surface area contributed by atoms with Gasteiger partial charge in [0.25, 0.3) is 0 Å². The minimum atomic E-state index is 1.13. The van der Waals surface area contributed by atoms with Gasteiger partial charge in [0, 0.05) is 6.54 Å². The standard InChI is InChI=1S/C24H47N/c1-6-10-12-14-16-18-20-23(5)24(22-25(8-3)9-4)21-19-17-15-13-11-7-2/h20-21H,6-19,22H2,1-5H3/b23-20+,24-21-. The number of nitrogens with zero attached hydrogens (tertiary/aromatic N) is 1. The molecule has 0 fully saturated rings. The summed E-state index contributed by atoms with van der Waals surface area (Å²) in [6, 6.07) is 0. The van der Waals surface area contributed by atoms with E-state index in [1.165, 1.54) is 82.6 Å². The van der Waals surface area contributed by atoms with Gasteiger partial charge in [0.15, 0.2) is 0 Å². The first-order chi connectivity index (χ1) is 12.2. The minimum absolute atomic E-state index is 1.13. The molecule has 0 atom stereocenters. The van der Waals surface area contributed by atoms with Crippen molar-refractivity contribution in [2.24, 2.45) is 0 Å².